The normalized spacial score (nSPS) is 20.5. The molecule has 0 spiro atoms. The van der Waals surface area contributed by atoms with E-state index < -0.39 is 6.03 Å². The first-order valence-corrected chi connectivity index (χ1v) is 3.37. The van der Waals surface area contributed by atoms with Crippen LogP contribution in [0.1, 0.15) is 6.92 Å². The van der Waals surface area contributed by atoms with Gasteiger partial charge in [0.05, 0.1) is 19.8 Å². The van der Waals surface area contributed by atoms with Crippen molar-refractivity contribution < 1.29 is 14.4 Å². The molecule has 5 nitrogen and oxygen atoms in total. The minimum atomic E-state index is -0.672. The van der Waals surface area contributed by atoms with E-state index in [4.69, 9.17) is 15.3 Å². The molecular formula is C6H12N2O3. The molecule has 0 aromatic heterocycles. The van der Waals surface area contributed by atoms with Crippen molar-refractivity contribution in [3.8, 4) is 0 Å². The lowest BCUT2D eigenvalue weighted by Gasteiger charge is -2.37. The highest BCUT2D eigenvalue weighted by Gasteiger charge is 2.33. The van der Waals surface area contributed by atoms with Crippen molar-refractivity contribution >= 4 is 6.03 Å². The molecule has 0 saturated carbocycles. The summed E-state index contributed by atoms with van der Waals surface area (Å²) in [4.78, 5) is 14.9. The van der Waals surface area contributed by atoms with Gasteiger partial charge in [0.25, 0.3) is 0 Å². The minimum absolute atomic E-state index is 0.0441. The third-order valence-electron chi connectivity index (χ3n) is 1.49. The number of amides is 2. The van der Waals surface area contributed by atoms with Gasteiger partial charge in [-0.05, 0) is 0 Å². The van der Waals surface area contributed by atoms with Gasteiger partial charge in [-0.3, -0.25) is 4.84 Å². The summed E-state index contributed by atoms with van der Waals surface area (Å²) in [6.07, 6.45) is 0. The average Bonchev–Trinajstić information content (AvgIpc) is 1.83. The highest BCUT2D eigenvalue weighted by molar-refractivity contribution is 5.70. The maximum Gasteiger partial charge on any atom is 0.336 e. The zero-order valence-electron chi connectivity index (χ0n) is 6.42. The van der Waals surface area contributed by atoms with E-state index in [1.165, 1.54) is 0 Å². The molecule has 0 atom stereocenters. The molecule has 3 N–H and O–H groups in total. The molecule has 1 saturated heterocycles. The van der Waals surface area contributed by atoms with Crippen molar-refractivity contribution in [1.82, 2.24) is 5.48 Å². The summed E-state index contributed by atoms with van der Waals surface area (Å²) in [5, 5.41) is 0. The third-order valence-corrected chi connectivity index (χ3v) is 1.49. The van der Waals surface area contributed by atoms with Crippen LogP contribution in [0.3, 0.4) is 0 Å². The topological polar surface area (TPSA) is 73.6 Å². The number of nitrogens with one attached hydrogen (secondary N) is 1. The fraction of sp³-hybridized carbons (Fsp3) is 0.833. The van der Waals surface area contributed by atoms with E-state index in [1.807, 2.05) is 6.92 Å². The number of nitrogens with two attached hydrogens (primary N) is 1. The number of ether oxygens (including phenoxy) is 1. The van der Waals surface area contributed by atoms with Crippen LogP contribution in [0, 0.1) is 5.41 Å². The highest BCUT2D eigenvalue weighted by atomic mass is 16.7. The van der Waals surface area contributed by atoms with Crippen LogP contribution in [0.4, 0.5) is 4.79 Å². The second-order valence-corrected chi connectivity index (χ2v) is 3.06. The van der Waals surface area contributed by atoms with Crippen molar-refractivity contribution in [3.05, 3.63) is 0 Å². The fourth-order valence-electron chi connectivity index (χ4n) is 0.815. The summed E-state index contributed by atoms with van der Waals surface area (Å²) < 4.78 is 4.97. The van der Waals surface area contributed by atoms with E-state index in [9.17, 15) is 4.79 Å². The molecule has 1 rings (SSSR count). The Morgan fingerprint density at radius 2 is 2.45 bits per heavy atom. The molecular weight excluding hydrogens is 148 g/mol. The molecule has 0 radical (unpaired) electrons. The SMILES string of the molecule is CC1(CONC(N)=O)COC1. The Morgan fingerprint density at radius 1 is 1.82 bits per heavy atom. The molecule has 2 amide bonds. The largest absolute Gasteiger partial charge is 0.380 e. The molecule has 0 aromatic rings. The van der Waals surface area contributed by atoms with Gasteiger partial charge >= 0.3 is 6.03 Å². The molecule has 0 aromatic carbocycles. The standard InChI is InChI=1S/C6H12N2O3/c1-6(2-10-3-6)4-11-8-5(7)9/h2-4H2,1H3,(H3,7,8,9). The lowest BCUT2D eigenvalue weighted by Crippen LogP contribution is -2.45. The molecule has 64 valence electrons. The van der Waals surface area contributed by atoms with Gasteiger partial charge in [0.1, 0.15) is 0 Å². The van der Waals surface area contributed by atoms with Crippen molar-refractivity contribution in [1.29, 1.82) is 0 Å². The van der Waals surface area contributed by atoms with E-state index in [0.717, 1.165) is 0 Å². The Bertz CT molecular complexity index is 156. The highest BCUT2D eigenvalue weighted by Crippen LogP contribution is 2.25. The summed E-state index contributed by atoms with van der Waals surface area (Å²) in [6.45, 7) is 3.80. The molecule has 0 aliphatic carbocycles. The zero-order valence-corrected chi connectivity index (χ0v) is 6.42. The summed E-state index contributed by atoms with van der Waals surface area (Å²) >= 11 is 0. The van der Waals surface area contributed by atoms with Gasteiger partial charge in [0.2, 0.25) is 0 Å². The first-order valence-electron chi connectivity index (χ1n) is 3.37. The molecule has 5 heteroatoms. The summed E-state index contributed by atoms with van der Waals surface area (Å²) in [5.41, 5.74) is 6.87. The van der Waals surface area contributed by atoms with E-state index in [-0.39, 0.29) is 5.41 Å². The van der Waals surface area contributed by atoms with Crippen molar-refractivity contribution in [2.24, 2.45) is 11.1 Å². The van der Waals surface area contributed by atoms with Crippen LogP contribution in [-0.4, -0.2) is 25.9 Å². The predicted octanol–water partition coefficient (Wildman–Crippen LogP) is -0.377. The second-order valence-electron chi connectivity index (χ2n) is 3.06. The molecule has 1 aliphatic heterocycles. The van der Waals surface area contributed by atoms with Crippen LogP contribution in [0.2, 0.25) is 0 Å². The molecule has 1 heterocycles. The number of rotatable bonds is 3. The Morgan fingerprint density at radius 3 is 2.82 bits per heavy atom. The maximum absolute atomic E-state index is 10.1. The van der Waals surface area contributed by atoms with Crippen molar-refractivity contribution in [2.45, 2.75) is 6.92 Å². The monoisotopic (exact) mass is 160 g/mol. The number of carbonyl (C=O) groups excluding carboxylic acids is 1. The summed E-state index contributed by atoms with van der Waals surface area (Å²) in [5.74, 6) is 0. The van der Waals surface area contributed by atoms with Crippen LogP contribution in [0.15, 0.2) is 0 Å². The first kappa shape index (κ1) is 8.29. The Kier molecular flexibility index (Phi) is 2.31. The number of urea groups is 1. The van der Waals surface area contributed by atoms with Crippen LogP contribution in [0.25, 0.3) is 0 Å². The molecule has 11 heavy (non-hydrogen) atoms. The quantitative estimate of drug-likeness (QED) is 0.553. The van der Waals surface area contributed by atoms with Crippen LogP contribution >= 0.6 is 0 Å². The Hall–Kier alpha value is -0.810. The lowest BCUT2D eigenvalue weighted by atomic mass is 9.90. The van der Waals surface area contributed by atoms with Crippen LogP contribution in [0.5, 0.6) is 0 Å². The van der Waals surface area contributed by atoms with Gasteiger partial charge in [-0.2, -0.15) is 0 Å². The lowest BCUT2D eigenvalue weighted by molar-refractivity contribution is -0.147. The Balaban J connectivity index is 2.07. The van der Waals surface area contributed by atoms with Gasteiger partial charge < -0.3 is 10.5 Å². The summed E-state index contributed by atoms with van der Waals surface area (Å²) in [7, 11) is 0. The predicted molar refractivity (Wildman–Crippen MR) is 37.6 cm³/mol. The van der Waals surface area contributed by atoms with E-state index in [1.54, 1.807) is 0 Å². The molecule has 0 bridgehead atoms. The van der Waals surface area contributed by atoms with Crippen molar-refractivity contribution in [2.75, 3.05) is 19.8 Å². The number of hydrogen-bond donors (Lipinski definition) is 2. The Labute approximate surface area is 64.8 Å². The van der Waals surface area contributed by atoms with Gasteiger partial charge in [0.15, 0.2) is 0 Å². The molecule has 1 aliphatic rings. The third kappa shape index (κ3) is 2.36. The fourth-order valence-corrected chi connectivity index (χ4v) is 0.815. The number of carbonyl (C=O) groups is 1. The zero-order chi connectivity index (χ0) is 8.32. The van der Waals surface area contributed by atoms with E-state index in [2.05, 4.69) is 5.48 Å². The minimum Gasteiger partial charge on any atom is -0.380 e. The van der Waals surface area contributed by atoms with Crippen LogP contribution in [-0.2, 0) is 9.57 Å². The number of primary amides is 1. The van der Waals surface area contributed by atoms with Crippen molar-refractivity contribution in [3.63, 3.8) is 0 Å². The second kappa shape index (κ2) is 3.06. The average molecular weight is 160 g/mol. The van der Waals surface area contributed by atoms with Gasteiger partial charge in [-0.15, -0.1) is 0 Å². The molecule has 0 unspecified atom stereocenters. The number of hydroxylamine groups is 1. The molecule has 1 fully saturated rings. The first-order chi connectivity index (χ1) is 5.12. The van der Waals surface area contributed by atoms with E-state index >= 15 is 0 Å². The van der Waals surface area contributed by atoms with Crippen LogP contribution < -0.4 is 11.2 Å². The van der Waals surface area contributed by atoms with Gasteiger partial charge in [-0.25, -0.2) is 10.3 Å². The smallest absolute Gasteiger partial charge is 0.336 e. The maximum atomic E-state index is 10.1. The van der Waals surface area contributed by atoms with E-state index in [0.29, 0.717) is 19.8 Å². The van der Waals surface area contributed by atoms with Gasteiger partial charge in [-0.1, -0.05) is 6.92 Å². The summed E-state index contributed by atoms with van der Waals surface area (Å²) in [6, 6.07) is -0.672. The number of hydrogen-bond acceptors (Lipinski definition) is 3. The van der Waals surface area contributed by atoms with Gasteiger partial charge in [0, 0.05) is 5.41 Å².